The standard InChI is InChI=1S/C25H43NO/c1-17(8-11-22(26)27)19-9-10-20-24(19,3)16-13-21-23(2)14-6-5-7-18(23)12-15-25(20,21)4/h17-21H,5-16H2,1-4H3,(H2,26,27)/t17-,18?,19-,20?,21?,23+,24-,25+/m1/s1. The Hall–Kier alpha value is -0.530. The SMILES string of the molecule is C[C@H](CCC(N)=O)[C@H]1CCC2[C@]3(C)CCC4CCCC[C@]4(C)C3CC[C@@]21C. The van der Waals surface area contributed by atoms with Crippen LogP contribution in [0.5, 0.6) is 0 Å². The molecule has 4 fully saturated rings. The molecule has 0 radical (unpaired) electrons. The number of nitrogens with two attached hydrogens (primary N) is 1. The summed E-state index contributed by atoms with van der Waals surface area (Å²) in [6.07, 6.45) is 16.1. The quantitative estimate of drug-likeness (QED) is 0.615. The lowest BCUT2D eigenvalue weighted by Crippen LogP contribution is -2.58. The number of hydrogen-bond acceptors (Lipinski definition) is 1. The van der Waals surface area contributed by atoms with Crippen LogP contribution >= 0.6 is 0 Å². The van der Waals surface area contributed by atoms with E-state index in [-0.39, 0.29) is 5.91 Å². The van der Waals surface area contributed by atoms with Gasteiger partial charge < -0.3 is 5.73 Å². The molecule has 2 N–H and O–H groups in total. The molecule has 1 amide bonds. The van der Waals surface area contributed by atoms with Gasteiger partial charge in [-0.25, -0.2) is 0 Å². The lowest BCUT2D eigenvalue weighted by Gasteiger charge is -2.66. The second kappa shape index (κ2) is 6.77. The number of rotatable bonds is 4. The molecule has 0 aliphatic heterocycles. The van der Waals surface area contributed by atoms with Gasteiger partial charge in [0, 0.05) is 6.42 Å². The minimum Gasteiger partial charge on any atom is -0.370 e. The molecule has 0 aromatic heterocycles. The van der Waals surface area contributed by atoms with Crippen molar-refractivity contribution >= 4 is 5.91 Å². The number of carbonyl (C=O) groups is 1. The molecule has 4 aliphatic rings. The Labute approximate surface area is 167 Å². The third-order valence-corrected chi connectivity index (χ3v) is 10.8. The minimum absolute atomic E-state index is 0.124. The average Bonchev–Trinajstić information content (AvgIpc) is 2.97. The normalized spacial score (nSPS) is 50.4. The topological polar surface area (TPSA) is 43.1 Å². The summed E-state index contributed by atoms with van der Waals surface area (Å²) in [5, 5.41) is 0. The van der Waals surface area contributed by atoms with Crippen molar-refractivity contribution in [2.75, 3.05) is 0 Å². The Kier molecular flexibility index (Phi) is 4.96. The summed E-state index contributed by atoms with van der Waals surface area (Å²) in [6.45, 7) is 10.4. The predicted octanol–water partition coefficient (Wildman–Crippen LogP) is 6.33. The van der Waals surface area contributed by atoms with Crippen molar-refractivity contribution in [1.82, 2.24) is 0 Å². The van der Waals surface area contributed by atoms with Gasteiger partial charge >= 0.3 is 0 Å². The van der Waals surface area contributed by atoms with E-state index in [1.165, 1.54) is 64.2 Å². The fourth-order valence-electron chi connectivity index (χ4n) is 9.52. The zero-order valence-corrected chi connectivity index (χ0v) is 18.4. The van der Waals surface area contributed by atoms with E-state index in [0.29, 0.717) is 28.6 Å². The number of fused-ring (bicyclic) bond motifs is 5. The van der Waals surface area contributed by atoms with Crippen LogP contribution in [0.3, 0.4) is 0 Å². The van der Waals surface area contributed by atoms with Crippen LogP contribution in [0.2, 0.25) is 0 Å². The highest BCUT2D eigenvalue weighted by Gasteiger charge is 2.64. The fourth-order valence-corrected chi connectivity index (χ4v) is 9.52. The van der Waals surface area contributed by atoms with Crippen LogP contribution < -0.4 is 5.73 Å². The summed E-state index contributed by atoms with van der Waals surface area (Å²) in [5.41, 5.74) is 7.10. The van der Waals surface area contributed by atoms with Gasteiger partial charge in [-0.3, -0.25) is 4.79 Å². The van der Waals surface area contributed by atoms with Gasteiger partial charge in [0.15, 0.2) is 0 Å². The van der Waals surface area contributed by atoms with Crippen molar-refractivity contribution in [2.24, 2.45) is 51.6 Å². The van der Waals surface area contributed by atoms with E-state index in [1.54, 1.807) is 0 Å². The molecule has 3 unspecified atom stereocenters. The zero-order chi connectivity index (χ0) is 19.4. The largest absolute Gasteiger partial charge is 0.370 e. The monoisotopic (exact) mass is 373 g/mol. The zero-order valence-electron chi connectivity index (χ0n) is 18.4. The first-order chi connectivity index (χ1) is 12.7. The molecule has 2 nitrogen and oxygen atoms in total. The molecule has 2 heteroatoms. The molecule has 8 atom stereocenters. The van der Waals surface area contributed by atoms with Crippen LogP contribution in [0.1, 0.15) is 105 Å². The van der Waals surface area contributed by atoms with Crippen molar-refractivity contribution in [3.05, 3.63) is 0 Å². The van der Waals surface area contributed by atoms with Crippen LogP contribution in [0, 0.1) is 45.8 Å². The molecule has 0 saturated heterocycles. The van der Waals surface area contributed by atoms with Crippen LogP contribution in [0.25, 0.3) is 0 Å². The summed E-state index contributed by atoms with van der Waals surface area (Å²) in [4.78, 5) is 11.3. The fraction of sp³-hybridized carbons (Fsp3) is 0.960. The summed E-state index contributed by atoms with van der Waals surface area (Å²) >= 11 is 0. The molecule has 27 heavy (non-hydrogen) atoms. The smallest absolute Gasteiger partial charge is 0.217 e. The third-order valence-electron chi connectivity index (χ3n) is 10.8. The van der Waals surface area contributed by atoms with Gasteiger partial charge in [0.2, 0.25) is 5.91 Å². The van der Waals surface area contributed by atoms with Crippen LogP contribution in [-0.2, 0) is 4.79 Å². The van der Waals surface area contributed by atoms with E-state index in [9.17, 15) is 4.79 Å². The van der Waals surface area contributed by atoms with Gasteiger partial charge in [0.25, 0.3) is 0 Å². The summed E-state index contributed by atoms with van der Waals surface area (Å²) < 4.78 is 0. The summed E-state index contributed by atoms with van der Waals surface area (Å²) in [5.74, 6) is 4.14. The van der Waals surface area contributed by atoms with Crippen LogP contribution in [0.15, 0.2) is 0 Å². The van der Waals surface area contributed by atoms with Crippen molar-refractivity contribution in [3.63, 3.8) is 0 Å². The number of amides is 1. The molecule has 154 valence electrons. The van der Waals surface area contributed by atoms with Gasteiger partial charge in [-0.05, 0) is 104 Å². The van der Waals surface area contributed by atoms with Gasteiger partial charge in [0.1, 0.15) is 0 Å². The molecule has 0 spiro atoms. The Morgan fingerprint density at radius 1 is 0.889 bits per heavy atom. The van der Waals surface area contributed by atoms with Crippen molar-refractivity contribution in [3.8, 4) is 0 Å². The van der Waals surface area contributed by atoms with Gasteiger partial charge in [-0.2, -0.15) is 0 Å². The molecule has 0 bridgehead atoms. The average molecular weight is 374 g/mol. The van der Waals surface area contributed by atoms with Crippen molar-refractivity contribution in [1.29, 1.82) is 0 Å². The Balaban J connectivity index is 1.58. The van der Waals surface area contributed by atoms with Gasteiger partial charge in [-0.1, -0.05) is 40.5 Å². The molecule has 4 aliphatic carbocycles. The second-order valence-corrected chi connectivity index (χ2v) is 11.8. The molecule has 4 rings (SSSR count). The lowest BCUT2D eigenvalue weighted by molar-refractivity contribution is -0.167. The van der Waals surface area contributed by atoms with Gasteiger partial charge in [0.05, 0.1) is 0 Å². The van der Waals surface area contributed by atoms with Crippen molar-refractivity contribution in [2.45, 2.75) is 105 Å². The maximum absolute atomic E-state index is 11.3. The van der Waals surface area contributed by atoms with E-state index in [4.69, 9.17) is 5.73 Å². The van der Waals surface area contributed by atoms with Crippen LogP contribution in [0.4, 0.5) is 0 Å². The molecule has 4 saturated carbocycles. The van der Waals surface area contributed by atoms with Gasteiger partial charge in [-0.15, -0.1) is 0 Å². The van der Waals surface area contributed by atoms with Crippen molar-refractivity contribution < 1.29 is 4.79 Å². The molecule has 0 aromatic rings. The second-order valence-electron chi connectivity index (χ2n) is 11.8. The van der Waals surface area contributed by atoms with Crippen LogP contribution in [-0.4, -0.2) is 5.91 Å². The number of carbonyl (C=O) groups excluding carboxylic acids is 1. The first-order valence-corrected chi connectivity index (χ1v) is 12.0. The first kappa shape index (κ1) is 19.8. The molecule has 0 heterocycles. The maximum Gasteiger partial charge on any atom is 0.217 e. The summed E-state index contributed by atoms with van der Waals surface area (Å²) in [7, 11) is 0. The van der Waals surface area contributed by atoms with E-state index in [2.05, 4.69) is 27.7 Å². The Bertz CT molecular complexity index is 587. The molecular formula is C25H43NO. The maximum atomic E-state index is 11.3. The summed E-state index contributed by atoms with van der Waals surface area (Å²) in [6, 6.07) is 0. The third kappa shape index (κ3) is 2.91. The minimum atomic E-state index is -0.124. The highest BCUT2D eigenvalue weighted by molar-refractivity contribution is 5.73. The highest BCUT2D eigenvalue weighted by Crippen LogP contribution is 2.72. The number of hydrogen-bond donors (Lipinski definition) is 1. The number of primary amides is 1. The van der Waals surface area contributed by atoms with E-state index < -0.39 is 0 Å². The Morgan fingerprint density at radius 3 is 2.33 bits per heavy atom. The predicted molar refractivity (Wildman–Crippen MR) is 112 cm³/mol. The highest BCUT2D eigenvalue weighted by atomic mass is 16.1. The first-order valence-electron chi connectivity index (χ1n) is 12.0. The van der Waals surface area contributed by atoms with E-state index >= 15 is 0 Å². The molecule has 0 aromatic carbocycles. The Morgan fingerprint density at radius 2 is 1.59 bits per heavy atom. The molecular weight excluding hydrogens is 330 g/mol. The van der Waals surface area contributed by atoms with E-state index in [0.717, 1.165) is 30.1 Å². The van der Waals surface area contributed by atoms with E-state index in [1.807, 2.05) is 0 Å². The lowest BCUT2D eigenvalue weighted by atomic mass is 9.39.